The topological polar surface area (TPSA) is 78.5 Å². The molecule has 0 fully saturated rings. The van der Waals surface area contributed by atoms with Crippen LogP contribution in [0.15, 0.2) is 30.6 Å². The van der Waals surface area contributed by atoms with Crippen molar-refractivity contribution in [1.29, 1.82) is 0 Å². The first-order chi connectivity index (χ1) is 10.3. The number of halogens is 1. The van der Waals surface area contributed by atoms with Gasteiger partial charge in [0.25, 0.3) is 0 Å². The van der Waals surface area contributed by atoms with Crippen LogP contribution in [0.25, 0.3) is 11.2 Å². The molecule has 0 saturated heterocycles. The fraction of sp³-hybridized carbons (Fsp3) is 0.214. The lowest BCUT2D eigenvalue weighted by Crippen LogP contribution is -2.09. The van der Waals surface area contributed by atoms with Crippen molar-refractivity contribution in [2.45, 2.75) is 6.42 Å². The lowest BCUT2D eigenvalue weighted by Gasteiger charge is -2.08. The van der Waals surface area contributed by atoms with Crippen molar-refractivity contribution in [2.24, 2.45) is 0 Å². The Bertz CT molecular complexity index is 737. The number of imidazole rings is 1. The summed E-state index contributed by atoms with van der Waals surface area (Å²) >= 11 is 5.88. The van der Waals surface area contributed by atoms with E-state index in [0.717, 1.165) is 29.3 Å². The van der Waals surface area contributed by atoms with Crippen molar-refractivity contribution < 1.29 is 0 Å². The van der Waals surface area contributed by atoms with Crippen molar-refractivity contribution in [3.05, 3.63) is 41.2 Å². The van der Waals surface area contributed by atoms with Crippen LogP contribution in [-0.4, -0.2) is 33.5 Å². The number of anilines is 2. The molecule has 0 radical (unpaired) electrons. The number of H-pyrrole nitrogens is 1. The van der Waals surface area contributed by atoms with Crippen LogP contribution in [-0.2, 0) is 6.42 Å². The first-order valence-electron chi connectivity index (χ1n) is 6.63. The zero-order valence-electron chi connectivity index (χ0n) is 11.5. The molecule has 2 heterocycles. The summed E-state index contributed by atoms with van der Waals surface area (Å²) in [7, 11) is 1.78. The zero-order chi connectivity index (χ0) is 14.7. The first kappa shape index (κ1) is 13.6. The summed E-state index contributed by atoms with van der Waals surface area (Å²) in [6.07, 6.45) is 2.49. The third-order valence-corrected chi connectivity index (χ3v) is 3.38. The zero-order valence-corrected chi connectivity index (χ0v) is 12.3. The molecule has 0 aliphatic carbocycles. The van der Waals surface area contributed by atoms with Gasteiger partial charge in [-0.3, -0.25) is 0 Å². The van der Waals surface area contributed by atoms with Crippen molar-refractivity contribution in [2.75, 3.05) is 24.2 Å². The molecule has 1 aromatic carbocycles. The van der Waals surface area contributed by atoms with Crippen molar-refractivity contribution in [3.63, 3.8) is 0 Å². The van der Waals surface area contributed by atoms with Gasteiger partial charge >= 0.3 is 0 Å². The molecule has 108 valence electrons. The maximum Gasteiger partial charge on any atom is 0.226 e. The average molecular weight is 303 g/mol. The predicted molar refractivity (Wildman–Crippen MR) is 84.9 cm³/mol. The van der Waals surface area contributed by atoms with Crippen molar-refractivity contribution >= 4 is 34.5 Å². The van der Waals surface area contributed by atoms with E-state index in [1.165, 1.54) is 5.56 Å². The van der Waals surface area contributed by atoms with Gasteiger partial charge in [-0.25, -0.2) is 4.98 Å². The summed E-state index contributed by atoms with van der Waals surface area (Å²) < 4.78 is 0. The molecule has 0 spiro atoms. The van der Waals surface area contributed by atoms with E-state index >= 15 is 0 Å². The van der Waals surface area contributed by atoms with Crippen LogP contribution in [0.3, 0.4) is 0 Å². The highest BCUT2D eigenvalue weighted by atomic mass is 35.5. The number of hydrogen-bond donors (Lipinski definition) is 3. The Kier molecular flexibility index (Phi) is 3.87. The van der Waals surface area contributed by atoms with E-state index in [0.29, 0.717) is 11.6 Å². The minimum atomic E-state index is 0.545. The number of hydrogen-bond acceptors (Lipinski definition) is 5. The minimum absolute atomic E-state index is 0.545. The van der Waals surface area contributed by atoms with Crippen LogP contribution >= 0.6 is 11.6 Å². The predicted octanol–water partition coefficient (Wildman–Crippen LogP) is 2.70. The molecule has 3 aromatic rings. The molecule has 3 N–H and O–H groups in total. The van der Waals surface area contributed by atoms with Gasteiger partial charge in [0.05, 0.1) is 6.33 Å². The standard InChI is InChI=1S/C14H15ClN6/c1-16-14-20-12(11-13(21-14)19-8-18-11)17-7-6-9-2-4-10(15)5-3-9/h2-5,8H,6-7H2,1H3,(H3,16,17,18,19,20,21). The molecule has 6 nitrogen and oxygen atoms in total. The highest BCUT2D eigenvalue weighted by Gasteiger charge is 2.08. The van der Waals surface area contributed by atoms with E-state index in [4.69, 9.17) is 11.6 Å². The van der Waals surface area contributed by atoms with Gasteiger partial charge < -0.3 is 15.6 Å². The van der Waals surface area contributed by atoms with Gasteiger partial charge in [-0.15, -0.1) is 0 Å². The third-order valence-electron chi connectivity index (χ3n) is 3.13. The molecule has 0 amide bonds. The van der Waals surface area contributed by atoms with Crippen LogP contribution < -0.4 is 10.6 Å². The summed E-state index contributed by atoms with van der Waals surface area (Å²) in [5.74, 6) is 1.29. The van der Waals surface area contributed by atoms with Crippen molar-refractivity contribution in [3.8, 4) is 0 Å². The van der Waals surface area contributed by atoms with Crippen molar-refractivity contribution in [1.82, 2.24) is 19.9 Å². The summed E-state index contributed by atoms with van der Waals surface area (Å²) in [6, 6.07) is 7.84. The Morgan fingerprint density at radius 1 is 1.19 bits per heavy atom. The molecule has 0 aliphatic rings. The lowest BCUT2D eigenvalue weighted by molar-refractivity contribution is 1.00. The Hall–Kier alpha value is -2.34. The Labute approximate surface area is 127 Å². The van der Waals surface area contributed by atoms with E-state index in [1.54, 1.807) is 13.4 Å². The SMILES string of the molecule is CNc1nc(NCCc2ccc(Cl)cc2)c2[nH]cnc2n1. The fourth-order valence-electron chi connectivity index (χ4n) is 2.05. The van der Waals surface area contributed by atoms with Crippen LogP contribution in [0.1, 0.15) is 5.56 Å². The molecular weight excluding hydrogens is 288 g/mol. The van der Waals surface area contributed by atoms with Gasteiger partial charge in [0.2, 0.25) is 5.95 Å². The van der Waals surface area contributed by atoms with Crippen LogP contribution in [0.4, 0.5) is 11.8 Å². The average Bonchev–Trinajstić information content (AvgIpc) is 2.97. The van der Waals surface area contributed by atoms with Gasteiger partial charge in [0.15, 0.2) is 11.5 Å². The van der Waals surface area contributed by atoms with E-state index in [9.17, 15) is 0 Å². The van der Waals surface area contributed by atoms with Gasteiger partial charge in [-0.05, 0) is 24.1 Å². The van der Waals surface area contributed by atoms with Gasteiger partial charge in [0, 0.05) is 18.6 Å². The molecular formula is C14H15ClN6. The Morgan fingerprint density at radius 2 is 2.00 bits per heavy atom. The molecule has 2 aromatic heterocycles. The van der Waals surface area contributed by atoms with E-state index in [1.807, 2.05) is 24.3 Å². The molecule has 0 saturated carbocycles. The monoisotopic (exact) mass is 302 g/mol. The number of aromatic nitrogens is 4. The maximum atomic E-state index is 5.88. The summed E-state index contributed by atoms with van der Waals surface area (Å²) in [6.45, 7) is 0.760. The second-order valence-electron chi connectivity index (χ2n) is 4.55. The van der Waals surface area contributed by atoms with E-state index in [2.05, 4.69) is 30.6 Å². The van der Waals surface area contributed by atoms with E-state index < -0.39 is 0 Å². The quantitative estimate of drug-likeness (QED) is 0.675. The molecule has 0 aliphatic heterocycles. The number of aromatic amines is 1. The molecule has 0 unspecified atom stereocenters. The lowest BCUT2D eigenvalue weighted by atomic mass is 10.1. The van der Waals surface area contributed by atoms with Gasteiger partial charge in [-0.2, -0.15) is 9.97 Å². The molecule has 0 atom stereocenters. The van der Waals surface area contributed by atoms with Crippen LogP contribution in [0.5, 0.6) is 0 Å². The highest BCUT2D eigenvalue weighted by Crippen LogP contribution is 2.18. The highest BCUT2D eigenvalue weighted by molar-refractivity contribution is 6.30. The largest absolute Gasteiger partial charge is 0.368 e. The number of fused-ring (bicyclic) bond motifs is 1. The number of rotatable bonds is 5. The van der Waals surface area contributed by atoms with Gasteiger partial charge in [-0.1, -0.05) is 23.7 Å². The molecule has 7 heteroatoms. The Balaban J connectivity index is 1.72. The molecule has 0 bridgehead atoms. The number of nitrogens with zero attached hydrogens (tertiary/aromatic N) is 3. The maximum absolute atomic E-state index is 5.88. The molecule has 3 rings (SSSR count). The van der Waals surface area contributed by atoms with Gasteiger partial charge in [0.1, 0.15) is 5.52 Å². The summed E-state index contributed by atoms with van der Waals surface area (Å²) in [4.78, 5) is 15.9. The number of nitrogens with one attached hydrogen (secondary N) is 3. The first-order valence-corrected chi connectivity index (χ1v) is 7.01. The summed E-state index contributed by atoms with van der Waals surface area (Å²) in [5, 5.41) is 7.00. The fourth-order valence-corrected chi connectivity index (χ4v) is 2.18. The normalized spacial score (nSPS) is 10.8. The smallest absolute Gasteiger partial charge is 0.226 e. The minimum Gasteiger partial charge on any atom is -0.368 e. The Morgan fingerprint density at radius 3 is 2.76 bits per heavy atom. The van der Waals surface area contributed by atoms with Crippen LogP contribution in [0.2, 0.25) is 5.02 Å². The second-order valence-corrected chi connectivity index (χ2v) is 4.99. The second kappa shape index (κ2) is 5.97. The van der Waals surface area contributed by atoms with E-state index in [-0.39, 0.29) is 0 Å². The molecule has 21 heavy (non-hydrogen) atoms. The number of benzene rings is 1. The summed E-state index contributed by atoms with van der Waals surface area (Å²) in [5.41, 5.74) is 2.67. The van der Waals surface area contributed by atoms with Crippen LogP contribution in [0, 0.1) is 0 Å². The third kappa shape index (κ3) is 3.05.